The van der Waals surface area contributed by atoms with Crippen LogP contribution >= 0.6 is 34.2 Å². The molecule has 1 aliphatic rings. The summed E-state index contributed by atoms with van der Waals surface area (Å²) in [5, 5.41) is 2.50. The lowest BCUT2D eigenvalue weighted by Gasteiger charge is -2.27. The van der Waals surface area contributed by atoms with Crippen molar-refractivity contribution in [3.8, 4) is 11.5 Å². The van der Waals surface area contributed by atoms with Gasteiger partial charge in [-0.25, -0.2) is 9.69 Å². The number of hydrogen-bond donors (Lipinski definition) is 1. The van der Waals surface area contributed by atoms with E-state index in [1.807, 2.05) is 51.1 Å². The smallest absolute Gasteiger partial charge is 0.335 e. The molecular weight excluding hydrogens is 607 g/mol. The fourth-order valence-corrected chi connectivity index (χ4v) is 4.37. The van der Waals surface area contributed by atoms with E-state index in [0.717, 1.165) is 25.2 Å². The maximum atomic E-state index is 13.3. The number of nitrogens with zero attached hydrogens (tertiary/aromatic N) is 1. The van der Waals surface area contributed by atoms with Crippen LogP contribution in [0.3, 0.4) is 0 Å². The quantitative estimate of drug-likeness (QED) is 0.191. The number of urea groups is 1. The van der Waals surface area contributed by atoms with Gasteiger partial charge in [0.25, 0.3) is 11.8 Å². The molecule has 1 aliphatic heterocycles. The third kappa shape index (κ3) is 5.97. The summed E-state index contributed by atoms with van der Waals surface area (Å²) in [5.74, 6) is -0.790. The molecule has 0 aliphatic carbocycles. The molecule has 1 saturated heterocycles. The third-order valence-electron chi connectivity index (χ3n) is 5.79. The second-order valence-electron chi connectivity index (χ2n) is 8.40. The molecule has 37 heavy (non-hydrogen) atoms. The number of imide groups is 2. The summed E-state index contributed by atoms with van der Waals surface area (Å²) < 4.78 is 12.8. The maximum absolute atomic E-state index is 13.3. The highest BCUT2D eigenvalue weighted by atomic mass is 127. The fourth-order valence-electron chi connectivity index (χ4n) is 3.73. The average molecular weight is 631 g/mol. The Balaban J connectivity index is 1.66. The summed E-state index contributed by atoms with van der Waals surface area (Å²) in [7, 11) is 0. The van der Waals surface area contributed by atoms with E-state index in [0.29, 0.717) is 29.4 Å². The van der Waals surface area contributed by atoms with E-state index in [4.69, 9.17) is 21.1 Å². The summed E-state index contributed by atoms with van der Waals surface area (Å²) in [4.78, 5) is 39.4. The number of benzene rings is 3. The number of nitrogens with one attached hydrogen (secondary N) is 1. The zero-order valence-electron chi connectivity index (χ0n) is 20.4. The third-order valence-corrected chi connectivity index (χ3v) is 6.79. The van der Waals surface area contributed by atoms with Gasteiger partial charge in [0.15, 0.2) is 11.5 Å². The Kier molecular flexibility index (Phi) is 8.19. The van der Waals surface area contributed by atoms with Crippen molar-refractivity contribution in [1.29, 1.82) is 0 Å². The molecule has 0 saturated carbocycles. The number of aryl methyl sites for hydroxylation is 2. The summed E-state index contributed by atoms with van der Waals surface area (Å²) in [6, 6.07) is 15.5. The number of hydrogen-bond acceptors (Lipinski definition) is 5. The zero-order chi connectivity index (χ0) is 26.7. The van der Waals surface area contributed by atoms with Gasteiger partial charge in [-0.05, 0) is 108 Å². The van der Waals surface area contributed by atoms with Crippen molar-refractivity contribution in [2.75, 3.05) is 11.5 Å². The van der Waals surface area contributed by atoms with E-state index < -0.39 is 17.8 Å². The van der Waals surface area contributed by atoms with E-state index in [-0.39, 0.29) is 17.2 Å². The van der Waals surface area contributed by atoms with Crippen molar-refractivity contribution >= 4 is 63.8 Å². The molecule has 0 spiro atoms. The topological polar surface area (TPSA) is 84.9 Å². The monoisotopic (exact) mass is 630 g/mol. The Morgan fingerprint density at radius 1 is 0.973 bits per heavy atom. The second kappa shape index (κ2) is 11.4. The first-order chi connectivity index (χ1) is 17.7. The summed E-state index contributed by atoms with van der Waals surface area (Å²) >= 11 is 8.78. The molecule has 0 bridgehead atoms. The van der Waals surface area contributed by atoms with Gasteiger partial charge in [-0.15, -0.1) is 0 Å². The number of rotatable bonds is 7. The lowest BCUT2D eigenvalue weighted by molar-refractivity contribution is -0.122. The predicted octanol–water partition coefficient (Wildman–Crippen LogP) is 6.21. The van der Waals surface area contributed by atoms with Gasteiger partial charge >= 0.3 is 6.03 Å². The normalized spacial score (nSPS) is 14.7. The molecule has 4 rings (SSSR count). The fraction of sp³-hybridized carbons (Fsp3) is 0.179. The Morgan fingerprint density at radius 3 is 2.38 bits per heavy atom. The molecule has 3 aromatic rings. The first-order valence-electron chi connectivity index (χ1n) is 11.5. The van der Waals surface area contributed by atoms with Crippen molar-refractivity contribution < 1.29 is 23.9 Å². The first-order valence-corrected chi connectivity index (χ1v) is 13.0. The molecular formula is C28H24ClIN2O5. The molecule has 0 atom stereocenters. The molecule has 9 heteroatoms. The van der Waals surface area contributed by atoms with Crippen LogP contribution in [0, 0.1) is 17.4 Å². The SMILES string of the molecule is CCOc1cc(/C=C2\C(=O)NC(=O)N(c3ccc(C)c(C)c3)C2=O)cc(Cl)c1OCc1ccc(I)cc1. The molecule has 0 aromatic heterocycles. The molecule has 3 aromatic carbocycles. The molecule has 4 amide bonds. The average Bonchev–Trinajstić information content (AvgIpc) is 2.84. The van der Waals surface area contributed by atoms with Gasteiger partial charge in [0, 0.05) is 3.57 Å². The Morgan fingerprint density at radius 2 is 1.70 bits per heavy atom. The van der Waals surface area contributed by atoms with Crippen LogP contribution in [0.15, 0.2) is 60.2 Å². The number of ether oxygens (including phenoxy) is 2. The number of anilines is 1. The number of halogens is 2. The van der Waals surface area contributed by atoms with Crippen LogP contribution in [0.1, 0.15) is 29.2 Å². The van der Waals surface area contributed by atoms with Crippen molar-refractivity contribution in [2.24, 2.45) is 0 Å². The van der Waals surface area contributed by atoms with Gasteiger partial charge < -0.3 is 9.47 Å². The van der Waals surface area contributed by atoms with Gasteiger partial charge in [0.2, 0.25) is 0 Å². The highest BCUT2D eigenvalue weighted by molar-refractivity contribution is 14.1. The number of carbonyl (C=O) groups excluding carboxylic acids is 3. The summed E-state index contributed by atoms with van der Waals surface area (Å²) in [5.41, 5.74) is 3.51. The van der Waals surface area contributed by atoms with E-state index in [1.165, 1.54) is 6.08 Å². The van der Waals surface area contributed by atoms with Gasteiger partial charge in [0.1, 0.15) is 12.2 Å². The lowest BCUT2D eigenvalue weighted by atomic mass is 10.0. The Labute approximate surface area is 233 Å². The van der Waals surface area contributed by atoms with E-state index in [1.54, 1.807) is 24.3 Å². The minimum absolute atomic E-state index is 0.205. The summed E-state index contributed by atoms with van der Waals surface area (Å²) in [6.45, 7) is 6.27. The standard InChI is InChI=1S/C28H24ClIN2O5/c1-4-36-24-14-19(13-23(29)25(24)37-15-18-6-8-20(30)9-7-18)12-22-26(33)31-28(35)32(27(22)34)21-10-5-16(2)17(3)11-21/h5-14H,4,15H2,1-3H3,(H,31,33,35)/b22-12+. The predicted molar refractivity (Wildman–Crippen MR) is 151 cm³/mol. The molecule has 1 heterocycles. The van der Waals surface area contributed by atoms with Gasteiger partial charge in [-0.1, -0.05) is 29.8 Å². The second-order valence-corrected chi connectivity index (χ2v) is 10.1. The van der Waals surface area contributed by atoms with E-state index >= 15 is 0 Å². The summed E-state index contributed by atoms with van der Waals surface area (Å²) in [6.07, 6.45) is 1.38. The number of amides is 4. The maximum Gasteiger partial charge on any atom is 0.335 e. The van der Waals surface area contributed by atoms with E-state index in [2.05, 4.69) is 27.9 Å². The van der Waals surface area contributed by atoms with Gasteiger partial charge in [0.05, 0.1) is 17.3 Å². The highest BCUT2D eigenvalue weighted by Crippen LogP contribution is 2.38. The van der Waals surface area contributed by atoms with Crippen molar-refractivity contribution in [1.82, 2.24) is 5.32 Å². The highest BCUT2D eigenvalue weighted by Gasteiger charge is 2.37. The van der Waals surface area contributed by atoms with Crippen LogP contribution in [0.25, 0.3) is 6.08 Å². The molecule has 1 fully saturated rings. The van der Waals surface area contributed by atoms with Crippen LogP contribution in [-0.4, -0.2) is 24.5 Å². The molecule has 7 nitrogen and oxygen atoms in total. The lowest BCUT2D eigenvalue weighted by Crippen LogP contribution is -2.54. The van der Waals surface area contributed by atoms with Crippen LogP contribution in [0.5, 0.6) is 11.5 Å². The molecule has 190 valence electrons. The Bertz CT molecular complexity index is 1420. The number of barbiturate groups is 1. The van der Waals surface area contributed by atoms with Gasteiger partial charge in [-0.2, -0.15) is 0 Å². The zero-order valence-corrected chi connectivity index (χ0v) is 23.3. The molecule has 1 N–H and O–H groups in total. The van der Waals surface area contributed by atoms with Crippen molar-refractivity contribution in [3.05, 3.63) is 91.0 Å². The van der Waals surface area contributed by atoms with Crippen molar-refractivity contribution in [2.45, 2.75) is 27.4 Å². The molecule has 0 radical (unpaired) electrons. The first kappa shape index (κ1) is 26.7. The minimum atomic E-state index is -0.803. The van der Waals surface area contributed by atoms with Crippen LogP contribution < -0.4 is 19.7 Å². The van der Waals surface area contributed by atoms with Crippen molar-refractivity contribution in [3.63, 3.8) is 0 Å². The minimum Gasteiger partial charge on any atom is -0.490 e. The molecule has 0 unspecified atom stereocenters. The Hall–Kier alpha value is -3.37. The largest absolute Gasteiger partial charge is 0.490 e. The van der Waals surface area contributed by atoms with E-state index in [9.17, 15) is 14.4 Å². The van der Waals surface area contributed by atoms with Gasteiger partial charge in [-0.3, -0.25) is 14.9 Å². The van der Waals surface area contributed by atoms with Crippen LogP contribution in [0.2, 0.25) is 5.02 Å². The van der Waals surface area contributed by atoms with Crippen LogP contribution in [-0.2, 0) is 16.2 Å². The van der Waals surface area contributed by atoms with Crippen LogP contribution in [0.4, 0.5) is 10.5 Å². The number of carbonyl (C=O) groups is 3.